The van der Waals surface area contributed by atoms with Crippen LogP contribution < -0.4 is 16.2 Å². The number of anilines is 1. The van der Waals surface area contributed by atoms with Crippen molar-refractivity contribution in [2.24, 2.45) is 5.73 Å². The summed E-state index contributed by atoms with van der Waals surface area (Å²) < 4.78 is 11.5. The molecule has 1 aliphatic rings. The molecule has 1 unspecified atom stereocenters. The van der Waals surface area contributed by atoms with E-state index in [1.807, 2.05) is 18.2 Å². The first-order valence-corrected chi connectivity index (χ1v) is 8.06. The molecule has 3 aromatic rings. The Labute approximate surface area is 144 Å². The molecule has 2 aromatic carbocycles. The van der Waals surface area contributed by atoms with Crippen LogP contribution in [-0.4, -0.2) is 13.0 Å². The van der Waals surface area contributed by atoms with E-state index in [1.54, 1.807) is 25.3 Å². The summed E-state index contributed by atoms with van der Waals surface area (Å²) in [5.74, 6) is 0.139. The van der Waals surface area contributed by atoms with Crippen LogP contribution in [0.3, 0.4) is 0 Å². The van der Waals surface area contributed by atoms with Crippen LogP contribution in [-0.2, 0) is 0 Å². The lowest BCUT2D eigenvalue weighted by Gasteiger charge is -2.18. The number of nitrogens with two attached hydrogens (primary N) is 2. The first-order valence-electron chi connectivity index (χ1n) is 8.06. The monoisotopic (exact) mass is 334 g/mol. The van der Waals surface area contributed by atoms with Gasteiger partial charge in [-0.3, -0.25) is 4.79 Å². The van der Waals surface area contributed by atoms with E-state index in [1.165, 1.54) is 0 Å². The fourth-order valence-corrected chi connectivity index (χ4v) is 3.48. The third-order valence-electron chi connectivity index (χ3n) is 4.61. The molecule has 25 heavy (non-hydrogen) atoms. The van der Waals surface area contributed by atoms with Gasteiger partial charge in [-0.15, -0.1) is 0 Å². The molecular weight excluding hydrogens is 316 g/mol. The van der Waals surface area contributed by atoms with Gasteiger partial charge in [-0.1, -0.05) is 24.3 Å². The van der Waals surface area contributed by atoms with Crippen molar-refractivity contribution in [2.45, 2.75) is 12.3 Å². The van der Waals surface area contributed by atoms with Crippen LogP contribution in [0.1, 0.15) is 28.3 Å². The maximum absolute atomic E-state index is 12.4. The van der Waals surface area contributed by atoms with Crippen molar-refractivity contribution in [1.29, 1.82) is 0 Å². The minimum absolute atomic E-state index is 0.0526. The van der Waals surface area contributed by atoms with E-state index in [-0.39, 0.29) is 5.92 Å². The van der Waals surface area contributed by atoms with Gasteiger partial charge in [0.2, 0.25) is 5.91 Å². The number of amides is 1. The largest absolute Gasteiger partial charge is 0.493 e. The van der Waals surface area contributed by atoms with Gasteiger partial charge < -0.3 is 20.6 Å². The summed E-state index contributed by atoms with van der Waals surface area (Å²) in [5, 5.41) is 1.42. The van der Waals surface area contributed by atoms with Gasteiger partial charge >= 0.3 is 0 Å². The van der Waals surface area contributed by atoms with Crippen LogP contribution in [0.15, 0.2) is 53.0 Å². The highest BCUT2D eigenvalue weighted by atomic mass is 16.5. The molecular formula is C20H18N2O3. The van der Waals surface area contributed by atoms with E-state index in [2.05, 4.69) is 12.2 Å². The molecule has 0 saturated carbocycles. The highest BCUT2D eigenvalue weighted by molar-refractivity contribution is 6.18. The number of hydrogen-bond donors (Lipinski definition) is 2. The average molecular weight is 334 g/mol. The number of carbonyl (C=O) groups is 1. The SMILES string of the molecule is COc1cc(C2C=CC=CC2)c(C(N)=O)c2c1oc1ccc(N)cc12. The highest BCUT2D eigenvalue weighted by Gasteiger charge is 2.25. The van der Waals surface area contributed by atoms with E-state index >= 15 is 0 Å². The van der Waals surface area contributed by atoms with Gasteiger partial charge in [-0.2, -0.15) is 0 Å². The van der Waals surface area contributed by atoms with Crippen LogP contribution >= 0.6 is 0 Å². The molecule has 5 heteroatoms. The number of methoxy groups -OCH3 is 1. The van der Waals surface area contributed by atoms with Gasteiger partial charge in [0.25, 0.3) is 0 Å². The lowest BCUT2D eigenvalue weighted by Crippen LogP contribution is -2.16. The smallest absolute Gasteiger partial charge is 0.249 e. The predicted molar refractivity (Wildman–Crippen MR) is 98.8 cm³/mol. The zero-order valence-corrected chi connectivity index (χ0v) is 13.8. The van der Waals surface area contributed by atoms with Crippen LogP contribution in [0, 0.1) is 0 Å². The normalized spacial score (nSPS) is 16.6. The zero-order chi connectivity index (χ0) is 17.6. The van der Waals surface area contributed by atoms with Gasteiger partial charge in [0.05, 0.1) is 12.7 Å². The minimum atomic E-state index is -0.490. The number of hydrogen-bond acceptors (Lipinski definition) is 4. The molecule has 0 fully saturated rings. The number of furan rings is 1. The molecule has 1 aliphatic carbocycles. The van der Waals surface area contributed by atoms with E-state index in [9.17, 15) is 4.79 Å². The Hall–Kier alpha value is -3.21. The third-order valence-corrected chi connectivity index (χ3v) is 4.61. The number of nitrogen functional groups attached to an aromatic ring is 1. The van der Waals surface area contributed by atoms with Crippen molar-refractivity contribution in [3.8, 4) is 5.75 Å². The molecule has 0 radical (unpaired) electrons. The fraction of sp³-hybridized carbons (Fsp3) is 0.150. The standard InChI is InChI=1S/C20H18N2O3/c1-24-16-10-13(11-5-3-2-4-6-11)18(20(22)23)17-14-9-12(21)7-8-15(14)25-19(16)17/h2-5,7-11H,6,21H2,1H3,(H2,22,23). The Morgan fingerprint density at radius 3 is 2.80 bits per heavy atom. The fourth-order valence-electron chi connectivity index (χ4n) is 3.48. The number of ether oxygens (including phenoxy) is 1. The first-order chi connectivity index (χ1) is 12.1. The highest BCUT2D eigenvalue weighted by Crippen LogP contribution is 2.42. The van der Waals surface area contributed by atoms with Crippen LogP contribution in [0.5, 0.6) is 5.75 Å². The maximum Gasteiger partial charge on any atom is 0.249 e. The molecule has 5 nitrogen and oxygen atoms in total. The summed E-state index contributed by atoms with van der Waals surface area (Å²) in [6.07, 6.45) is 8.88. The van der Waals surface area contributed by atoms with Crippen LogP contribution in [0.4, 0.5) is 5.69 Å². The molecule has 0 aliphatic heterocycles. The maximum atomic E-state index is 12.4. The number of benzene rings is 2. The molecule has 1 atom stereocenters. The Kier molecular flexibility index (Phi) is 3.50. The summed E-state index contributed by atoms with van der Waals surface area (Å²) >= 11 is 0. The van der Waals surface area contributed by atoms with Crippen molar-refractivity contribution in [3.05, 3.63) is 59.7 Å². The molecule has 0 bridgehead atoms. The zero-order valence-electron chi connectivity index (χ0n) is 13.8. The minimum Gasteiger partial charge on any atom is -0.493 e. The summed E-state index contributed by atoms with van der Waals surface area (Å²) in [5.41, 5.74) is 14.8. The van der Waals surface area contributed by atoms with Crippen LogP contribution in [0.2, 0.25) is 0 Å². The van der Waals surface area contributed by atoms with Crippen molar-refractivity contribution in [3.63, 3.8) is 0 Å². The molecule has 4 N–H and O–H groups in total. The molecule has 1 aromatic heterocycles. The predicted octanol–water partition coefficient (Wildman–Crippen LogP) is 3.88. The summed E-state index contributed by atoms with van der Waals surface area (Å²) in [7, 11) is 1.58. The van der Waals surface area contributed by atoms with Crippen LogP contribution in [0.25, 0.3) is 21.9 Å². The summed E-state index contributed by atoms with van der Waals surface area (Å²) in [6, 6.07) is 7.20. The quantitative estimate of drug-likeness (QED) is 0.711. The topological polar surface area (TPSA) is 91.5 Å². The number of carbonyl (C=O) groups excluding carboxylic acids is 1. The molecule has 4 rings (SSSR count). The number of primary amides is 1. The van der Waals surface area contributed by atoms with Crippen molar-refractivity contribution in [1.82, 2.24) is 0 Å². The molecule has 1 heterocycles. The van der Waals surface area contributed by atoms with Gasteiger partial charge in [0, 0.05) is 22.4 Å². The van der Waals surface area contributed by atoms with Gasteiger partial charge in [0.15, 0.2) is 11.3 Å². The number of rotatable bonds is 3. The molecule has 126 valence electrons. The Balaban J connectivity index is 2.15. The Morgan fingerprint density at radius 1 is 1.28 bits per heavy atom. The van der Waals surface area contributed by atoms with Gasteiger partial charge in [-0.25, -0.2) is 0 Å². The Bertz CT molecular complexity index is 1060. The number of allylic oxidation sites excluding steroid dienone is 4. The van der Waals surface area contributed by atoms with Crippen molar-refractivity contribution >= 4 is 33.5 Å². The Morgan fingerprint density at radius 2 is 2.12 bits per heavy atom. The lowest BCUT2D eigenvalue weighted by atomic mass is 9.86. The molecule has 0 saturated heterocycles. The van der Waals surface area contributed by atoms with Crippen molar-refractivity contribution in [2.75, 3.05) is 12.8 Å². The second-order valence-electron chi connectivity index (χ2n) is 6.12. The van der Waals surface area contributed by atoms with E-state index < -0.39 is 5.91 Å². The van der Waals surface area contributed by atoms with Crippen molar-refractivity contribution < 1.29 is 13.9 Å². The lowest BCUT2D eigenvalue weighted by molar-refractivity contribution is 0.100. The second kappa shape index (κ2) is 5.70. The van der Waals surface area contributed by atoms with Gasteiger partial charge in [-0.05, 0) is 36.2 Å². The third kappa shape index (κ3) is 2.36. The van der Waals surface area contributed by atoms with E-state index in [0.717, 1.165) is 17.4 Å². The van der Waals surface area contributed by atoms with E-state index in [0.29, 0.717) is 33.6 Å². The summed E-state index contributed by atoms with van der Waals surface area (Å²) in [6.45, 7) is 0. The first kappa shape index (κ1) is 15.3. The molecule has 1 amide bonds. The van der Waals surface area contributed by atoms with Gasteiger partial charge in [0.1, 0.15) is 5.58 Å². The molecule has 0 spiro atoms. The van der Waals surface area contributed by atoms with E-state index in [4.69, 9.17) is 20.6 Å². The summed E-state index contributed by atoms with van der Waals surface area (Å²) in [4.78, 5) is 12.4. The number of fused-ring (bicyclic) bond motifs is 3. The average Bonchev–Trinajstić information content (AvgIpc) is 2.99. The second-order valence-corrected chi connectivity index (χ2v) is 6.12.